The molecular formula is C19H36S. The van der Waals surface area contributed by atoms with E-state index in [1.165, 1.54) is 95.6 Å². The maximum atomic E-state index is 2.64. The van der Waals surface area contributed by atoms with Crippen LogP contribution in [0.2, 0.25) is 0 Å². The van der Waals surface area contributed by atoms with E-state index in [1.807, 2.05) is 0 Å². The van der Waals surface area contributed by atoms with E-state index in [1.54, 1.807) is 0 Å². The molecule has 1 heteroatoms. The van der Waals surface area contributed by atoms with Gasteiger partial charge in [0.25, 0.3) is 0 Å². The van der Waals surface area contributed by atoms with E-state index in [9.17, 15) is 0 Å². The second-order valence-corrected chi connectivity index (χ2v) is 9.38. The summed E-state index contributed by atoms with van der Waals surface area (Å²) in [5, 5.41) is 0. The lowest BCUT2D eigenvalue weighted by Gasteiger charge is -2.47. The van der Waals surface area contributed by atoms with Crippen LogP contribution in [0.15, 0.2) is 0 Å². The molecule has 0 nitrogen and oxygen atoms in total. The lowest BCUT2D eigenvalue weighted by atomic mass is 9.68. The molecule has 1 heterocycles. The Morgan fingerprint density at radius 1 is 0.550 bits per heavy atom. The molecule has 0 aromatic rings. The molecule has 0 aromatic heterocycles. The third kappa shape index (κ3) is 4.42. The van der Waals surface area contributed by atoms with Crippen LogP contribution in [0.1, 0.15) is 104 Å². The molecule has 118 valence electrons. The third-order valence-corrected chi connectivity index (χ3v) is 8.03. The van der Waals surface area contributed by atoms with E-state index < -0.39 is 0 Å². The highest BCUT2D eigenvalue weighted by Crippen LogP contribution is 2.52. The first-order valence-electron chi connectivity index (χ1n) is 9.30. The van der Waals surface area contributed by atoms with Crippen LogP contribution in [0.3, 0.4) is 0 Å². The molecule has 0 aromatic carbocycles. The Bertz CT molecular complexity index is 223. The van der Waals surface area contributed by atoms with Crippen molar-refractivity contribution >= 4 is 11.8 Å². The van der Waals surface area contributed by atoms with Crippen LogP contribution >= 0.6 is 11.8 Å². The highest BCUT2D eigenvalue weighted by molar-refractivity contribution is 8.00. The van der Waals surface area contributed by atoms with E-state index in [0.29, 0.717) is 10.2 Å². The van der Waals surface area contributed by atoms with Gasteiger partial charge in [-0.15, -0.1) is 0 Å². The Morgan fingerprint density at radius 2 is 1.00 bits per heavy atom. The number of thioether (sulfide) groups is 1. The molecule has 1 aliphatic carbocycles. The number of hydrogen-bond donors (Lipinski definition) is 0. The second-order valence-electron chi connectivity index (χ2n) is 7.78. The first kappa shape index (κ1) is 16.7. The summed E-state index contributed by atoms with van der Waals surface area (Å²) in [5.41, 5.74) is 0.590. The topological polar surface area (TPSA) is 0 Å². The predicted molar refractivity (Wildman–Crippen MR) is 93.6 cm³/mol. The molecule has 20 heavy (non-hydrogen) atoms. The Kier molecular flexibility index (Phi) is 6.78. The van der Waals surface area contributed by atoms with Crippen molar-refractivity contribution in [1.29, 1.82) is 0 Å². The molecule has 2 fully saturated rings. The van der Waals surface area contributed by atoms with Crippen molar-refractivity contribution in [3.05, 3.63) is 0 Å². The van der Waals surface area contributed by atoms with Gasteiger partial charge in [-0.05, 0) is 43.8 Å². The molecule has 0 spiro atoms. The fourth-order valence-corrected chi connectivity index (χ4v) is 5.97. The van der Waals surface area contributed by atoms with Crippen molar-refractivity contribution in [2.24, 2.45) is 5.41 Å². The molecule has 1 atom stereocenters. The zero-order valence-corrected chi connectivity index (χ0v) is 14.8. The van der Waals surface area contributed by atoms with Crippen LogP contribution in [0, 0.1) is 5.41 Å². The minimum atomic E-state index is 0.543. The van der Waals surface area contributed by atoms with E-state index >= 15 is 0 Å². The summed E-state index contributed by atoms with van der Waals surface area (Å²) >= 11 is 2.34. The minimum Gasteiger partial charge on any atom is -0.155 e. The molecule has 0 amide bonds. The molecule has 0 bridgehead atoms. The van der Waals surface area contributed by atoms with Crippen LogP contribution in [0.4, 0.5) is 0 Å². The largest absolute Gasteiger partial charge is 0.155 e. The van der Waals surface area contributed by atoms with E-state index in [2.05, 4.69) is 25.6 Å². The molecule has 1 aliphatic heterocycles. The Labute approximate surface area is 131 Å². The number of rotatable bonds is 1. The summed E-state index contributed by atoms with van der Waals surface area (Å²) < 4.78 is 0.543. The smallest absolute Gasteiger partial charge is 0.0185 e. The van der Waals surface area contributed by atoms with Crippen molar-refractivity contribution in [1.82, 2.24) is 0 Å². The van der Waals surface area contributed by atoms with Crippen LogP contribution in [0.25, 0.3) is 0 Å². The van der Waals surface area contributed by atoms with Gasteiger partial charge in [0.1, 0.15) is 0 Å². The zero-order chi connectivity index (χ0) is 14.3. The summed E-state index contributed by atoms with van der Waals surface area (Å²) in [6.07, 6.45) is 20.7. The van der Waals surface area contributed by atoms with Crippen molar-refractivity contribution < 1.29 is 0 Å². The van der Waals surface area contributed by atoms with Crippen molar-refractivity contribution in [3.8, 4) is 0 Å². The highest BCUT2D eigenvalue weighted by atomic mass is 32.2. The van der Waals surface area contributed by atoms with E-state index in [4.69, 9.17) is 0 Å². The summed E-state index contributed by atoms with van der Waals surface area (Å²) in [7, 11) is 0. The average molecular weight is 297 g/mol. The van der Waals surface area contributed by atoms with Crippen molar-refractivity contribution in [2.45, 2.75) is 108 Å². The monoisotopic (exact) mass is 296 g/mol. The average Bonchev–Trinajstić information content (AvgIpc) is 2.61. The normalized spacial score (nSPS) is 33.9. The fourth-order valence-electron chi connectivity index (χ4n) is 4.33. The SMILES string of the molecule is CC1(C2(C)CCCCCCCS2)CCCCCCCC1. The molecule has 1 saturated heterocycles. The van der Waals surface area contributed by atoms with Gasteiger partial charge in [-0.1, -0.05) is 71.1 Å². The summed E-state index contributed by atoms with van der Waals surface area (Å²) in [6.45, 7) is 5.27. The van der Waals surface area contributed by atoms with Crippen LogP contribution in [-0.2, 0) is 0 Å². The Morgan fingerprint density at radius 3 is 1.60 bits per heavy atom. The fraction of sp³-hybridized carbons (Fsp3) is 1.00. The molecule has 0 N–H and O–H groups in total. The van der Waals surface area contributed by atoms with Gasteiger partial charge in [-0.25, -0.2) is 0 Å². The van der Waals surface area contributed by atoms with Crippen LogP contribution in [-0.4, -0.2) is 10.5 Å². The maximum Gasteiger partial charge on any atom is 0.0185 e. The predicted octanol–water partition coefficient (Wildman–Crippen LogP) is 6.97. The molecule has 1 unspecified atom stereocenters. The minimum absolute atomic E-state index is 0.543. The van der Waals surface area contributed by atoms with Gasteiger partial charge < -0.3 is 0 Å². The van der Waals surface area contributed by atoms with Gasteiger partial charge in [-0.3, -0.25) is 0 Å². The molecule has 2 rings (SSSR count). The number of hydrogen-bond acceptors (Lipinski definition) is 1. The lowest BCUT2D eigenvalue weighted by molar-refractivity contribution is 0.177. The summed E-state index contributed by atoms with van der Waals surface area (Å²) in [6, 6.07) is 0. The highest BCUT2D eigenvalue weighted by Gasteiger charge is 2.43. The van der Waals surface area contributed by atoms with Gasteiger partial charge in [0.15, 0.2) is 0 Å². The summed E-state index contributed by atoms with van der Waals surface area (Å²) in [4.78, 5) is 0. The summed E-state index contributed by atoms with van der Waals surface area (Å²) in [5.74, 6) is 1.41. The van der Waals surface area contributed by atoms with Gasteiger partial charge in [-0.2, -0.15) is 11.8 Å². The van der Waals surface area contributed by atoms with Gasteiger partial charge in [0, 0.05) is 4.75 Å². The van der Waals surface area contributed by atoms with Gasteiger partial charge >= 0.3 is 0 Å². The quantitative estimate of drug-likeness (QED) is 0.503. The van der Waals surface area contributed by atoms with E-state index in [-0.39, 0.29) is 0 Å². The third-order valence-electron chi connectivity index (χ3n) is 6.20. The molecular weight excluding hydrogens is 260 g/mol. The Hall–Kier alpha value is 0.350. The standard InChI is InChI=1S/C19H36S/c1-18(14-10-6-3-4-7-11-15-18)19(2)16-12-8-5-9-13-17-20-19/h3-17H2,1-2H3. The van der Waals surface area contributed by atoms with E-state index in [0.717, 1.165) is 0 Å². The molecule has 0 radical (unpaired) electrons. The Balaban J connectivity index is 2.07. The second kappa shape index (κ2) is 8.11. The molecule has 1 saturated carbocycles. The van der Waals surface area contributed by atoms with Gasteiger partial charge in [0.05, 0.1) is 0 Å². The van der Waals surface area contributed by atoms with Crippen LogP contribution in [0.5, 0.6) is 0 Å². The van der Waals surface area contributed by atoms with Crippen molar-refractivity contribution in [3.63, 3.8) is 0 Å². The first-order valence-corrected chi connectivity index (χ1v) is 10.3. The maximum absolute atomic E-state index is 2.64. The lowest BCUT2D eigenvalue weighted by Crippen LogP contribution is -2.41. The van der Waals surface area contributed by atoms with Crippen LogP contribution < -0.4 is 0 Å². The molecule has 2 aliphatic rings. The zero-order valence-electron chi connectivity index (χ0n) is 14.0. The first-order chi connectivity index (χ1) is 9.66. The van der Waals surface area contributed by atoms with Crippen molar-refractivity contribution in [2.75, 3.05) is 5.75 Å². The van der Waals surface area contributed by atoms with Gasteiger partial charge in [0.2, 0.25) is 0 Å².